The first-order valence-corrected chi connectivity index (χ1v) is 3.02. The highest BCUT2D eigenvalue weighted by Gasteiger charge is 2.15. The molecule has 2 unspecified atom stereocenters. The van der Waals surface area contributed by atoms with Crippen LogP contribution in [0.25, 0.3) is 0 Å². The van der Waals surface area contributed by atoms with Crippen LogP contribution in [0.4, 0.5) is 0 Å². The summed E-state index contributed by atoms with van der Waals surface area (Å²) in [4.78, 5) is 0. The molecule has 0 aliphatic carbocycles. The van der Waals surface area contributed by atoms with Gasteiger partial charge < -0.3 is 9.31 Å². The van der Waals surface area contributed by atoms with Crippen LogP contribution in [0.3, 0.4) is 0 Å². The van der Waals surface area contributed by atoms with Gasteiger partial charge in [-0.25, -0.2) is 0 Å². The van der Waals surface area contributed by atoms with Crippen molar-refractivity contribution in [3.8, 4) is 0 Å². The molecule has 0 amide bonds. The normalized spacial score (nSPS) is 38.8. The largest absolute Gasteiger partial charge is 0.438 e. The lowest BCUT2D eigenvalue weighted by atomic mass is 10.1. The Labute approximate surface area is 50.5 Å². The number of rotatable bonds is 0. The Morgan fingerprint density at radius 3 is 2.00 bits per heavy atom. The van der Waals surface area contributed by atoms with E-state index in [9.17, 15) is 0 Å². The van der Waals surface area contributed by atoms with Gasteiger partial charge in [-0.3, -0.25) is 0 Å². The van der Waals surface area contributed by atoms with Gasteiger partial charge in [0.1, 0.15) is 0 Å². The minimum absolute atomic E-state index is 0.388. The van der Waals surface area contributed by atoms with Gasteiger partial charge >= 0.3 is 7.69 Å². The van der Waals surface area contributed by atoms with Crippen molar-refractivity contribution >= 4 is 7.69 Å². The lowest BCUT2D eigenvalue weighted by molar-refractivity contribution is 0.0505. The van der Waals surface area contributed by atoms with Crippen LogP contribution in [0.15, 0.2) is 0 Å². The van der Waals surface area contributed by atoms with E-state index in [2.05, 4.69) is 13.8 Å². The standard InChI is InChI=1S/C5H11BO2/c1-4-3-5(2)8-6-7-4/h4-6H,3H2,1-2H3. The predicted molar refractivity (Wildman–Crippen MR) is 32.9 cm³/mol. The Balaban J connectivity index is 2.23. The van der Waals surface area contributed by atoms with Crippen molar-refractivity contribution in [1.82, 2.24) is 0 Å². The summed E-state index contributed by atoms with van der Waals surface area (Å²) in [5, 5.41) is 0. The van der Waals surface area contributed by atoms with Crippen LogP contribution in [0.1, 0.15) is 20.3 Å². The second-order valence-corrected chi connectivity index (χ2v) is 2.31. The fourth-order valence-electron chi connectivity index (χ4n) is 0.875. The molecule has 0 saturated carbocycles. The van der Waals surface area contributed by atoms with Crippen molar-refractivity contribution in [3.63, 3.8) is 0 Å². The van der Waals surface area contributed by atoms with Gasteiger partial charge in [0.15, 0.2) is 0 Å². The SMILES string of the molecule is CC1CC(C)OBO1. The Bertz CT molecular complexity index is 68.8. The summed E-state index contributed by atoms with van der Waals surface area (Å²) in [6.45, 7) is 4.14. The molecule has 0 spiro atoms. The summed E-state index contributed by atoms with van der Waals surface area (Å²) in [5.41, 5.74) is 0. The highest BCUT2D eigenvalue weighted by molar-refractivity contribution is 6.18. The molecule has 2 atom stereocenters. The monoisotopic (exact) mass is 114 g/mol. The third-order valence-corrected chi connectivity index (χ3v) is 1.37. The van der Waals surface area contributed by atoms with Crippen LogP contribution in [-0.2, 0) is 9.31 Å². The summed E-state index contributed by atoms with van der Waals surface area (Å²) >= 11 is 0. The maximum Gasteiger partial charge on any atom is 0.438 e. The molecule has 1 fully saturated rings. The molecule has 2 nitrogen and oxygen atoms in total. The zero-order valence-corrected chi connectivity index (χ0v) is 5.39. The first-order valence-electron chi connectivity index (χ1n) is 3.02. The molecule has 1 aliphatic heterocycles. The van der Waals surface area contributed by atoms with Crippen LogP contribution in [0.5, 0.6) is 0 Å². The van der Waals surface area contributed by atoms with E-state index in [4.69, 9.17) is 9.31 Å². The molecule has 1 heterocycles. The smallest absolute Gasteiger partial charge is 0.411 e. The van der Waals surface area contributed by atoms with Crippen molar-refractivity contribution in [3.05, 3.63) is 0 Å². The van der Waals surface area contributed by atoms with Gasteiger partial charge in [0.25, 0.3) is 0 Å². The molecule has 0 aromatic carbocycles. The molecule has 1 saturated heterocycles. The molecule has 3 heteroatoms. The summed E-state index contributed by atoms with van der Waals surface area (Å²) in [6, 6.07) is 0. The number of hydrogen-bond donors (Lipinski definition) is 0. The van der Waals surface area contributed by atoms with Crippen LogP contribution < -0.4 is 0 Å². The predicted octanol–water partition coefficient (Wildman–Crippen LogP) is 0.467. The highest BCUT2D eigenvalue weighted by Crippen LogP contribution is 2.09. The van der Waals surface area contributed by atoms with E-state index >= 15 is 0 Å². The summed E-state index contributed by atoms with van der Waals surface area (Å²) < 4.78 is 10.3. The van der Waals surface area contributed by atoms with Crippen molar-refractivity contribution in [2.75, 3.05) is 0 Å². The van der Waals surface area contributed by atoms with E-state index in [0.29, 0.717) is 19.9 Å². The van der Waals surface area contributed by atoms with Gasteiger partial charge in [-0.2, -0.15) is 0 Å². The lowest BCUT2D eigenvalue weighted by Crippen LogP contribution is -2.29. The first-order chi connectivity index (χ1) is 3.79. The maximum atomic E-state index is 5.13. The quantitative estimate of drug-likeness (QED) is 0.426. The van der Waals surface area contributed by atoms with E-state index in [1.807, 2.05) is 0 Å². The topological polar surface area (TPSA) is 18.5 Å². The molecule has 0 N–H and O–H groups in total. The second-order valence-electron chi connectivity index (χ2n) is 2.31. The molecule has 46 valence electrons. The van der Waals surface area contributed by atoms with E-state index in [1.54, 1.807) is 0 Å². The molecule has 1 rings (SSSR count). The first kappa shape index (κ1) is 6.11. The van der Waals surface area contributed by atoms with Crippen molar-refractivity contribution < 1.29 is 9.31 Å². The molecule has 0 bridgehead atoms. The van der Waals surface area contributed by atoms with Gasteiger partial charge in [-0.1, -0.05) is 0 Å². The molecule has 0 aromatic heterocycles. The van der Waals surface area contributed by atoms with Crippen LogP contribution in [0.2, 0.25) is 0 Å². The van der Waals surface area contributed by atoms with E-state index in [0.717, 1.165) is 6.42 Å². The van der Waals surface area contributed by atoms with Crippen molar-refractivity contribution in [2.24, 2.45) is 0 Å². The van der Waals surface area contributed by atoms with E-state index in [-0.39, 0.29) is 0 Å². The van der Waals surface area contributed by atoms with Crippen molar-refractivity contribution in [1.29, 1.82) is 0 Å². The fourth-order valence-corrected chi connectivity index (χ4v) is 0.875. The van der Waals surface area contributed by atoms with E-state index < -0.39 is 0 Å². The maximum absolute atomic E-state index is 5.13. The molecule has 1 aliphatic rings. The van der Waals surface area contributed by atoms with Gasteiger partial charge in [0.05, 0.1) is 0 Å². The Morgan fingerprint density at radius 2 is 1.75 bits per heavy atom. The number of hydrogen-bond acceptors (Lipinski definition) is 2. The average molecular weight is 114 g/mol. The van der Waals surface area contributed by atoms with Crippen LogP contribution in [0, 0.1) is 0 Å². The minimum atomic E-state index is 0.388. The van der Waals surface area contributed by atoms with Gasteiger partial charge in [0, 0.05) is 12.2 Å². The molecule has 8 heavy (non-hydrogen) atoms. The van der Waals surface area contributed by atoms with Crippen LogP contribution >= 0.6 is 0 Å². The minimum Gasteiger partial charge on any atom is -0.411 e. The molecule has 0 aromatic rings. The molecule has 0 radical (unpaired) electrons. The van der Waals surface area contributed by atoms with Gasteiger partial charge in [-0.15, -0.1) is 0 Å². The fraction of sp³-hybridized carbons (Fsp3) is 1.00. The Hall–Kier alpha value is -0.0151. The Morgan fingerprint density at radius 1 is 1.25 bits per heavy atom. The summed E-state index contributed by atoms with van der Waals surface area (Å²) in [5.74, 6) is 0. The van der Waals surface area contributed by atoms with Crippen LogP contribution in [-0.4, -0.2) is 19.9 Å². The highest BCUT2D eigenvalue weighted by atomic mass is 16.6. The van der Waals surface area contributed by atoms with Crippen molar-refractivity contribution in [2.45, 2.75) is 32.5 Å². The van der Waals surface area contributed by atoms with Gasteiger partial charge in [-0.05, 0) is 20.3 Å². The third-order valence-electron chi connectivity index (χ3n) is 1.37. The average Bonchev–Trinajstić information content (AvgIpc) is 1.64. The zero-order chi connectivity index (χ0) is 5.98. The lowest BCUT2D eigenvalue weighted by Gasteiger charge is -2.24. The second kappa shape index (κ2) is 2.51. The van der Waals surface area contributed by atoms with E-state index in [1.165, 1.54) is 0 Å². The summed E-state index contributed by atoms with van der Waals surface area (Å²) in [6.07, 6.45) is 1.80. The molecular weight excluding hydrogens is 103 g/mol. The molecular formula is C5H11BO2. The zero-order valence-electron chi connectivity index (χ0n) is 5.39. The summed E-state index contributed by atoms with van der Waals surface area (Å²) in [7, 11) is 0.475. The Kier molecular flexibility index (Phi) is 1.92. The van der Waals surface area contributed by atoms with Gasteiger partial charge in [0.2, 0.25) is 0 Å². The third kappa shape index (κ3) is 1.49.